The van der Waals surface area contributed by atoms with Gasteiger partial charge in [-0.3, -0.25) is 18.6 Å². The minimum Gasteiger partial charge on any atom is -0.480 e. The molecular formula is C57H104NO10P. The Morgan fingerprint density at radius 1 is 0.464 bits per heavy atom. The van der Waals surface area contributed by atoms with Gasteiger partial charge in [0.25, 0.3) is 0 Å². The number of carboxylic acids is 1. The van der Waals surface area contributed by atoms with Crippen LogP contribution in [-0.2, 0) is 32.7 Å². The van der Waals surface area contributed by atoms with Crippen molar-refractivity contribution in [3.8, 4) is 0 Å². The Bertz CT molecular complexity index is 1350. The highest BCUT2D eigenvalue weighted by Crippen LogP contribution is 2.43. The number of hydrogen-bond acceptors (Lipinski definition) is 8. The van der Waals surface area contributed by atoms with E-state index < -0.39 is 57.6 Å². The topological polar surface area (TPSA) is 169 Å². The van der Waals surface area contributed by atoms with Gasteiger partial charge in [0, 0.05) is 12.8 Å². The summed E-state index contributed by atoms with van der Waals surface area (Å²) in [5.74, 6) is -2.39. The molecule has 12 heteroatoms. The lowest BCUT2D eigenvalue weighted by molar-refractivity contribution is -0.147. The van der Waals surface area contributed by atoms with Crippen LogP contribution >= 0.6 is 7.82 Å². The number of amides is 1. The Balaban J connectivity index is 3.79. The summed E-state index contributed by atoms with van der Waals surface area (Å²) in [6, 6.07) is -1.56. The van der Waals surface area contributed by atoms with Gasteiger partial charge in [-0.05, 0) is 57.8 Å². The Morgan fingerprint density at radius 3 is 1.22 bits per heavy atom. The van der Waals surface area contributed by atoms with E-state index in [-0.39, 0.29) is 12.8 Å². The zero-order valence-corrected chi connectivity index (χ0v) is 45.0. The monoisotopic (exact) mass is 994 g/mol. The van der Waals surface area contributed by atoms with Gasteiger partial charge < -0.3 is 25.2 Å². The fourth-order valence-corrected chi connectivity index (χ4v) is 8.78. The number of allylic oxidation sites excluding steroid dienone is 8. The molecule has 0 aliphatic carbocycles. The maximum Gasteiger partial charge on any atom is 0.472 e. The van der Waals surface area contributed by atoms with E-state index in [0.717, 1.165) is 70.6 Å². The number of phosphoric ester groups is 1. The van der Waals surface area contributed by atoms with Crippen molar-refractivity contribution in [3.63, 3.8) is 0 Å². The summed E-state index contributed by atoms with van der Waals surface area (Å²) in [5, 5.41) is 22.0. The molecule has 0 aromatic heterocycles. The standard InChI is InChI=1S/C57H104NO10P/c1-3-5-7-9-11-13-15-17-19-21-23-25-26-27-29-31-33-35-37-39-41-43-45-47-49-56(61)66-50-53(59)51-67-69(64,65)68-52-54(57(62)63)58-55(60)48-46-44-42-40-38-36-34-32-30-28-24-22-20-18-16-14-12-10-8-6-4-2/h12,14,18,20,24,28,32,34,53-54,59H,3-11,13,15-17,19,21-23,25-27,29-31,33,35-52H2,1-2H3,(H,58,60)(H,62,63)(H,64,65)/b14-12-,20-18-,28-24-,34-32-. The number of unbranched alkanes of at least 4 members (excludes halogenated alkanes) is 31. The van der Waals surface area contributed by atoms with Crippen LogP contribution < -0.4 is 5.32 Å². The van der Waals surface area contributed by atoms with Crippen LogP contribution in [0.5, 0.6) is 0 Å². The second-order valence-corrected chi connectivity index (χ2v) is 20.6. The number of carboxylic acid groups (broad SMARTS) is 1. The number of esters is 1. The van der Waals surface area contributed by atoms with Gasteiger partial charge in [0.2, 0.25) is 5.91 Å². The van der Waals surface area contributed by atoms with Crippen LogP contribution in [0, 0.1) is 0 Å². The number of carbonyl (C=O) groups excluding carboxylic acids is 2. The molecule has 0 radical (unpaired) electrons. The number of hydrogen-bond donors (Lipinski definition) is 4. The number of aliphatic hydroxyl groups is 1. The van der Waals surface area contributed by atoms with Crippen LogP contribution in [0.3, 0.4) is 0 Å². The van der Waals surface area contributed by atoms with E-state index in [2.05, 4.69) is 67.8 Å². The average Bonchev–Trinajstić information content (AvgIpc) is 3.33. The molecule has 3 unspecified atom stereocenters. The maximum atomic E-state index is 12.4. The third kappa shape index (κ3) is 51.6. The van der Waals surface area contributed by atoms with E-state index >= 15 is 0 Å². The lowest BCUT2D eigenvalue weighted by Crippen LogP contribution is -2.43. The number of carbonyl (C=O) groups is 3. The number of aliphatic carboxylic acids is 1. The first-order valence-electron chi connectivity index (χ1n) is 28.2. The largest absolute Gasteiger partial charge is 0.480 e. The molecule has 1 amide bonds. The highest BCUT2D eigenvalue weighted by Gasteiger charge is 2.28. The van der Waals surface area contributed by atoms with Crippen molar-refractivity contribution in [1.82, 2.24) is 5.32 Å². The molecule has 11 nitrogen and oxygen atoms in total. The Kier molecular flexibility index (Phi) is 49.9. The van der Waals surface area contributed by atoms with Crippen LogP contribution in [0.4, 0.5) is 0 Å². The highest BCUT2D eigenvalue weighted by atomic mass is 31.2. The molecule has 0 heterocycles. The number of ether oxygens (including phenoxy) is 1. The molecule has 0 aromatic rings. The van der Waals surface area contributed by atoms with Crippen molar-refractivity contribution in [1.29, 1.82) is 0 Å². The Morgan fingerprint density at radius 2 is 0.797 bits per heavy atom. The molecule has 3 atom stereocenters. The quantitative estimate of drug-likeness (QED) is 0.0199. The molecular weight excluding hydrogens is 890 g/mol. The molecule has 0 spiro atoms. The van der Waals surface area contributed by atoms with Gasteiger partial charge >= 0.3 is 19.8 Å². The molecule has 0 aliphatic rings. The Hall–Kier alpha value is -2.56. The second-order valence-electron chi connectivity index (χ2n) is 19.1. The van der Waals surface area contributed by atoms with Gasteiger partial charge in [-0.1, -0.05) is 242 Å². The van der Waals surface area contributed by atoms with Crippen LogP contribution in [0.25, 0.3) is 0 Å². The fourth-order valence-electron chi connectivity index (χ4n) is 8.01. The van der Waals surface area contributed by atoms with E-state index in [1.807, 2.05) is 0 Å². The van der Waals surface area contributed by atoms with E-state index in [1.165, 1.54) is 154 Å². The number of rotatable bonds is 53. The first-order valence-corrected chi connectivity index (χ1v) is 29.7. The summed E-state index contributed by atoms with van der Waals surface area (Å²) in [6.07, 6.45) is 61.4. The summed E-state index contributed by atoms with van der Waals surface area (Å²) in [5.41, 5.74) is 0. The highest BCUT2D eigenvalue weighted by molar-refractivity contribution is 7.47. The van der Waals surface area contributed by atoms with Crippen molar-refractivity contribution in [2.75, 3.05) is 19.8 Å². The smallest absolute Gasteiger partial charge is 0.472 e. The molecule has 69 heavy (non-hydrogen) atoms. The summed E-state index contributed by atoms with van der Waals surface area (Å²) < 4.78 is 27.0. The minimum atomic E-state index is -4.77. The number of nitrogens with one attached hydrogen (secondary N) is 1. The predicted octanol–water partition coefficient (Wildman–Crippen LogP) is 16.1. The average molecular weight is 994 g/mol. The third-order valence-electron chi connectivity index (χ3n) is 12.4. The van der Waals surface area contributed by atoms with Crippen molar-refractivity contribution in [2.45, 2.75) is 276 Å². The van der Waals surface area contributed by atoms with Crippen LogP contribution in [-0.4, -0.2) is 64.9 Å². The summed E-state index contributed by atoms with van der Waals surface area (Å²) in [6.45, 7) is 2.60. The first-order chi connectivity index (χ1) is 33.6. The van der Waals surface area contributed by atoms with Gasteiger partial charge in [-0.2, -0.15) is 0 Å². The van der Waals surface area contributed by atoms with Gasteiger partial charge in [0.15, 0.2) is 6.04 Å². The third-order valence-corrected chi connectivity index (χ3v) is 13.3. The van der Waals surface area contributed by atoms with Crippen LogP contribution in [0.2, 0.25) is 0 Å². The van der Waals surface area contributed by atoms with Crippen LogP contribution in [0.1, 0.15) is 264 Å². The van der Waals surface area contributed by atoms with Gasteiger partial charge in [0.1, 0.15) is 12.7 Å². The zero-order chi connectivity index (χ0) is 50.6. The Labute approximate surface area is 422 Å². The summed E-state index contributed by atoms with van der Waals surface area (Å²) in [7, 11) is -4.77. The second kappa shape index (κ2) is 51.8. The van der Waals surface area contributed by atoms with Crippen LogP contribution in [0.15, 0.2) is 48.6 Å². The fraction of sp³-hybridized carbons (Fsp3) is 0.807. The SMILES string of the molecule is CCCCC/C=C\C/C=C\C/C=C\C/C=C\CCCCCCCC(=O)NC(COP(=O)(O)OCC(O)COC(=O)CCCCCCCCCCCCCCCCCCCCCCCCCC)C(=O)O. The molecule has 402 valence electrons. The minimum absolute atomic E-state index is 0.124. The van der Waals surface area contributed by atoms with Gasteiger partial charge in [-0.15, -0.1) is 0 Å². The van der Waals surface area contributed by atoms with E-state index in [1.54, 1.807) is 0 Å². The van der Waals surface area contributed by atoms with Crippen molar-refractivity contribution in [2.24, 2.45) is 0 Å². The van der Waals surface area contributed by atoms with Crippen molar-refractivity contribution >= 4 is 25.7 Å². The van der Waals surface area contributed by atoms with Crippen molar-refractivity contribution in [3.05, 3.63) is 48.6 Å². The van der Waals surface area contributed by atoms with E-state index in [0.29, 0.717) is 12.8 Å². The van der Waals surface area contributed by atoms with Gasteiger partial charge in [-0.25, -0.2) is 9.36 Å². The molecule has 0 saturated heterocycles. The van der Waals surface area contributed by atoms with Gasteiger partial charge in [0.05, 0.1) is 13.2 Å². The molecule has 0 aliphatic heterocycles. The predicted molar refractivity (Wildman–Crippen MR) is 286 cm³/mol. The lowest BCUT2D eigenvalue weighted by atomic mass is 10.0. The van der Waals surface area contributed by atoms with E-state index in [4.69, 9.17) is 13.8 Å². The number of phosphoric acid groups is 1. The molecule has 0 fully saturated rings. The zero-order valence-electron chi connectivity index (χ0n) is 44.1. The molecule has 0 rings (SSSR count). The van der Waals surface area contributed by atoms with Crippen molar-refractivity contribution < 1.29 is 47.8 Å². The molecule has 0 saturated carbocycles. The summed E-state index contributed by atoms with van der Waals surface area (Å²) in [4.78, 5) is 46.2. The lowest BCUT2D eigenvalue weighted by Gasteiger charge is -2.18. The first kappa shape index (κ1) is 66.4. The van der Waals surface area contributed by atoms with E-state index in [9.17, 15) is 34.1 Å². The maximum absolute atomic E-state index is 12.4. The normalized spacial score (nSPS) is 13.8. The molecule has 0 bridgehead atoms. The molecule has 4 N–H and O–H groups in total. The number of aliphatic hydroxyl groups excluding tert-OH is 1. The summed E-state index contributed by atoms with van der Waals surface area (Å²) >= 11 is 0. The molecule has 0 aromatic carbocycles.